The molecule has 1 aliphatic heterocycles. The van der Waals surface area contributed by atoms with Gasteiger partial charge in [-0.15, -0.1) is 12.4 Å². The lowest BCUT2D eigenvalue weighted by atomic mass is 9.99. The average molecular weight is 397 g/mol. The summed E-state index contributed by atoms with van der Waals surface area (Å²) in [7, 11) is 4.17. The standard InChI is InChI=1S/C20H25ClN2O2.ClH/c1-23(2)12-6-11-22-14-19-24-18-10-9-16(21)13-17(18)20(25-19)15-7-4-3-5-8-15;/h3-5,7-10,13,19-20,22H,6,11-12,14H2,1-2H3;1H/t19-,20+;/m0./s1. The third kappa shape index (κ3) is 5.60. The van der Waals surface area contributed by atoms with E-state index in [4.69, 9.17) is 21.1 Å². The summed E-state index contributed by atoms with van der Waals surface area (Å²) in [5.41, 5.74) is 2.08. The van der Waals surface area contributed by atoms with Crippen LogP contribution in [0, 0.1) is 0 Å². The Labute approximate surface area is 166 Å². The van der Waals surface area contributed by atoms with Crippen molar-refractivity contribution in [3.05, 3.63) is 64.7 Å². The van der Waals surface area contributed by atoms with Gasteiger partial charge in [-0.3, -0.25) is 0 Å². The Bertz CT molecular complexity index is 683. The van der Waals surface area contributed by atoms with Gasteiger partial charge in [-0.2, -0.15) is 0 Å². The maximum atomic E-state index is 6.23. The lowest BCUT2D eigenvalue weighted by Gasteiger charge is -2.33. The van der Waals surface area contributed by atoms with Gasteiger partial charge in [0.15, 0.2) is 0 Å². The third-order valence-electron chi connectivity index (χ3n) is 4.17. The van der Waals surface area contributed by atoms with Crippen LogP contribution < -0.4 is 10.1 Å². The molecule has 0 bridgehead atoms. The van der Waals surface area contributed by atoms with Crippen molar-refractivity contribution < 1.29 is 9.47 Å². The molecule has 0 radical (unpaired) electrons. The maximum Gasteiger partial charge on any atom is 0.213 e. The van der Waals surface area contributed by atoms with Crippen molar-refractivity contribution in [1.82, 2.24) is 10.2 Å². The fourth-order valence-corrected chi connectivity index (χ4v) is 3.12. The molecule has 0 fully saturated rings. The second kappa shape index (κ2) is 10.1. The van der Waals surface area contributed by atoms with E-state index in [0.29, 0.717) is 11.6 Å². The summed E-state index contributed by atoms with van der Waals surface area (Å²) in [6.07, 6.45) is 0.601. The molecule has 3 rings (SSSR count). The summed E-state index contributed by atoms with van der Waals surface area (Å²) in [5.74, 6) is 0.838. The predicted octanol–water partition coefficient (Wildman–Crippen LogP) is 4.13. The fourth-order valence-electron chi connectivity index (χ4n) is 2.94. The van der Waals surface area contributed by atoms with E-state index in [-0.39, 0.29) is 24.8 Å². The van der Waals surface area contributed by atoms with Gasteiger partial charge in [0.2, 0.25) is 6.29 Å². The van der Waals surface area contributed by atoms with Crippen LogP contribution >= 0.6 is 24.0 Å². The molecule has 0 aliphatic carbocycles. The van der Waals surface area contributed by atoms with E-state index in [0.717, 1.165) is 36.4 Å². The molecule has 2 atom stereocenters. The Balaban J connectivity index is 0.00000243. The van der Waals surface area contributed by atoms with Crippen LogP contribution in [0.15, 0.2) is 48.5 Å². The van der Waals surface area contributed by atoms with E-state index in [1.54, 1.807) is 0 Å². The van der Waals surface area contributed by atoms with Crippen molar-refractivity contribution in [2.45, 2.75) is 18.8 Å². The minimum absolute atomic E-state index is 0. The Hall–Kier alpha value is -1.30. The lowest BCUT2D eigenvalue weighted by Crippen LogP contribution is -2.38. The molecule has 6 heteroatoms. The first-order valence-electron chi connectivity index (χ1n) is 8.65. The molecule has 0 saturated carbocycles. The third-order valence-corrected chi connectivity index (χ3v) is 4.41. The Morgan fingerprint density at radius 2 is 1.88 bits per heavy atom. The van der Waals surface area contributed by atoms with Crippen LogP contribution in [-0.2, 0) is 4.74 Å². The largest absolute Gasteiger partial charge is 0.463 e. The first-order valence-corrected chi connectivity index (χ1v) is 9.03. The normalized spacial score (nSPS) is 18.8. The predicted molar refractivity (Wildman–Crippen MR) is 109 cm³/mol. The molecule has 0 aromatic heterocycles. The molecular formula is C20H26Cl2N2O2. The SMILES string of the molecule is CN(C)CCCNC[C@H]1Oc2ccc(Cl)cc2[C@@H](c2ccccc2)O1.Cl. The van der Waals surface area contributed by atoms with Crippen LogP contribution in [0.25, 0.3) is 0 Å². The number of hydrogen-bond donors (Lipinski definition) is 1. The highest BCUT2D eigenvalue weighted by Gasteiger charge is 2.30. The van der Waals surface area contributed by atoms with Crippen molar-refractivity contribution >= 4 is 24.0 Å². The van der Waals surface area contributed by atoms with Crippen LogP contribution in [0.5, 0.6) is 5.75 Å². The molecule has 0 unspecified atom stereocenters. The number of nitrogens with zero attached hydrogens (tertiary/aromatic N) is 1. The first-order chi connectivity index (χ1) is 12.1. The fraction of sp³-hybridized carbons (Fsp3) is 0.400. The van der Waals surface area contributed by atoms with Crippen molar-refractivity contribution in [1.29, 1.82) is 0 Å². The number of nitrogens with one attached hydrogen (secondary N) is 1. The zero-order valence-electron chi connectivity index (χ0n) is 15.2. The number of rotatable bonds is 7. The molecule has 0 spiro atoms. The number of ether oxygens (including phenoxy) is 2. The Morgan fingerprint density at radius 1 is 1.12 bits per heavy atom. The molecule has 0 amide bonds. The first kappa shape index (κ1) is 21.0. The summed E-state index contributed by atoms with van der Waals surface area (Å²) in [6, 6.07) is 15.9. The van der Waals surface area contributed by atoms with E-state index >= 15 is 0 Å². The number of fused-ring (bicyclic) bond motifs is 1. The summed E-state index contributed by atoms with van der Waals surface area (Å²) in [4.78, 5) is 2.18. The van der Waals surface area contributed by atoms with Gasteiger partial charge in [0.1, 0.15) is 11.9 Å². The molecule has 142 valence electrons. The van der Waals surface area contributed by atoms with Crippen LogP contribution in [0.1, 0.15) is 23.7 Å². The molecule has 1 heterocycles. The highest BCUT2D eigenvalue weighted by atomic mass is 35.5. The molecule has 2 aromatic carbocycles. The lowest BCUT2D eigenvalue weighted by molar-refractivity contribution is -0.124. The minimum atomic E-state index is -0.321. The van der Waals surface area contributed by atoms with E-state index in [9.17, 15) is 0 Å². The van der Waals surface area contributed by atoms with Gasteiger partial charge in [-0.05, 0) is 57.4 Å². The minimum Gasteiger partial charge on any atom is -0.463 e. The summed E-state index contributed by atoms with van der Waals surface area (Å²) in [6.45, 7) is 2.65. The number of hydrogen-bond acceptors (Lipinski definition) is 4. The summed E-state index contributed by atoms with van der Waals surface area (Å²) in [5, 5.41) is 4.11. The van der Waals surface area contributed by atoms with E-state index in [1.807, 2.05) is 36.4 Å². The van der Waals surface area contributed by atoms with Crippen molar-refractivity contribution in [3.8, 4) is 5.75 Å². The smallest absolute Gasteiger partial charge is 0.213 e. The van der Waals surface area contributed by atoms with Crippen LogP contribution in [0.4, 0.5) is 0 Å². The average Bonchev–Trinajstić information content (AvgIpc) is 2.61. The van der Waals surface area contributed by atoms with E-state index in [1.165, 1.54) is 0 Å². The molecule has 4 nitrogen and oxygen atoms in total. The van der Waals surface area contributed by atoms with Gasteiger partial charge in [0, 0.05) is 10.6 Å². The molecule has 2 aromatic rings. The number of halogens is 2. The molecule has 0 saturated heterocycles. The monoisotopic (exact) mass is 396 g/mol. The van der Waals surface area contributed by atoms with Crippen molar-refractivity contribution in [2.24, 2.45) is 0 Å². The summed E-state index contributed by atoms with van der Waals surface area (Å²) < 4.78 is 12.2. The van der Waals surface area contributed by atoms with E-state index in [2.05, 4.69) is 36.4 Å². The topological polar surface area (TPSA) is 33.7 Å². The molecular weight excluding hydrogens is 371 g/mol. The van der Waals surface area contributed by atoms with Crippen molar-refractivity contribution in [3.63, 3.8) is 0 Å². The second-order valence-corrected chi connectivity index (χ2v) is 6.95. The van der Waals surface area contributed by atoms with Crippen LogP contribution in [0.2, 0.25) is 5.02 Å². The highest BCUT2D eigenvalue weighted by Crippen LogP contribution is 2.39. The zero-order chi connectivity index (χ0) is 17.6. The van der Waals surface area contributed by atoms with E-state index < -0.39 is 0 Å². The molecule has 1 aliphatic rings. The highest BCUT2D eigenvalue weighted by molar-refractivity contribution is 6.30. The van der Waals surface area contributed by atoms with Crippen LogP contribution in [-0.4, -0.2) is 44.9 Å². The van der Waals surface area contributed by atoms with Gasteiger partial charge in [-0.1, -0.05) is 41.9 Å². The van der Waals surface area contributed by atoms with Gasteiger partial charge < -0.3 is 19.7 Å². The quantitative estimate of drug-likeness (QED) is 0.713. The molecule has 26 heavy (non-hydrogen) atoms. The second-order valence-electron chi connectivity index (χ2n) is 6.52. The number of benzene rings is 2. The van der Waals surface area contributed by atoms with Gasteiger partial charge in [0.25, 0.3) is 0 Å². The zero-order valence-corrected chi connectivity index (χ0v) is 16.7. The maximum absolute atomic E-state index is 6.23. The van der Waals surface area contributed by atoms with Gasteiger partial charge in [-0.25, -0.2) is 0 Å². The summed E-state index contributed by atoms with van der Waals surface area (Å²) >= 11 is 6.18. The van der Waals surface area contributed by atoms with Gasteiger partial charge in [0.05, 0.1) is 6.54 Å². The van der Waals surface area contributed by atoms with Gasteiger partial charge >= 0.3 is 0 Å². The molecule has 1 N–H and O–H groups in total. The Morgan fingerprint density at radius 3 is 2.62 bits per heavy atom. The Kier molecular flexibility index (Phi) is 8.19. The van der Waals surface area contributed by atoms with Crippen LogP contribution in [0.3, 0.4) is 0 Å². The van der Waals surface area contributed by atoms with Crippen molar-refractivity contribution in [2.75, 3.05) is 33.7 Å².